The summed E-state index contributed by atoms with van der Waals surface area (Å²) < 4.78 is 5.30. The highest BCUT2D eigenvalue weighted by molar-refractivity contribution is 6.30. The summed E-state index contributed by atoms with van der Waals surface area (Å²) in [4.78, 5) is 6.83. The van der Waals surface area contributed by atoms with Crippen LogP contribution in [0.15, 0.2) is 28.8 Å². The molecule has 0 radical (unpaired) electrons. The molecule has 0 saturated carbocycles. The largest absolute Gasteiger partial charge is 0.339 e. The first-order chi connectivity index (χ1) is 9.81. The van der Waals surface area contributed by atoms with E-state index in [9.17, 15) is 0 Å². The van der Waals surface area contributed by atoms with E-state index in [1.807, 2.05) is 24.3 Å². The highest BCUT2D eigenvalue weighted by atomic mass is 35.5. The van der Waals surface area contributed by atoms with Crippen LogP contribution >= 0.6 is 11.6 Å². The predicted octanol–water partition coefficient (Wildman–Crippen LogP) is 1.84. The zero-order valence-electron chi connectivity index (χ0n) is 11.2. The Hall–Kier alpha value is -1.43. The number of hydrogen-bond donors (Lipinski definition) is 1. The summed E-state index contributed by atoms with van der Waals surface area (Å²) in [5, 5.41) is 8.03. The van der Waals surface area contributed by atoms with Gasteiger partial charge in [0.2, 0.25) is 11.7 Å². The third-order valence-electron chi connectivity index (χ3n) is 3.40. The molecule has 2 heterocycles. The number of nitrogens with zero attached hydrogens (tertiary/aromatic N) is 3. The van der Waals surface area contributed by atoms with Crippen molar-refractivity contribution in [3.05, 3.63) is 35.2 Å². The van der Waals surface area contributed by atoms with E-state index in [0.29, 0.717) is 16.7 Å². The molecule has 1 fully saturated rings. The molecule has 1 aromatic carbocycles. The third kappa shape index (κ3) is 3.36. The molecule has 0 bridgehead atoms. The molecule has 1 saturated heterocycles. The van der Waals surface area contributed by atoms with Crippen molar-refractivity contribution >= 4 is 11.6 Å². The first-order valence-corrected chi connectivity index (χ1v) is 7.21. The van der Waals surface area contributed by atoms with Crippen LogP contribution in [0.2, 0.25) is 5.02 Å². The van der Waals surface area contributed by atoms with Crippen LogP contribution in [0.25, 0.3) is 11.4 Å². The second-order valence-electron chi connectivity index (χ2n) is 4.86. The minimum Gasteiger partial charge on any atom is -0.339 e. The third-order valence-corrected chi connectivity index (χ3v) is 3.64. The molecule has 3 rings (SSSR count). The second kappa shape index (κ2) is 6.35. The topological polar surface area (TPSA) is 54.2 Å². The van der Waals surface area contributed by atoms with Crippen LogP contribution in [0.3, 0.4) is 0 Å². The SMILES string of the molecule is Clc1cccc(-c2noc(CCN3CCNCC3)n2)c1. The molecule has 6 heteroatoms. The van der Waals surface area contributed by atoms with E-state index in [0.717, 1.165) is 44.7 Å². The van der Waals surface area contributed by atoms with Crippen LogP contribution in [0.5, 0.6) is 0 Å². The van der Waals surface area contributed by atoms with Gasteiger partial charge < -0.3 is 14.7 Å². The Morgan fingerprint density at radius 1 is 1.30 bits per heavy atom. The minimum atomic E-state index is 0.600. The Morgan fingerprint density at radius 3 is 2.95 bits per heavy atom. The maximum Gasteiger partial charge on any atom is 0.228 e. The van der Waals surface area contributed by atoms with Gasteiger partial charge in [0, 0.05) is 49.7 Å². The Morgan fingerprint density at radius 2 is 2.15 bits per heavy atom. The molecule has 0 atom stereocenters. The van der Waals surface area contributed by atoms with E-state index in [4.69, 9.17) is 16.1 Å². The Bertz CT molecular complexity index is 566. The maximum absolute atomic E-state index is 5.97. The molecule has 5 nitrogen and oxygen atoms in total. The fourth-order valence-corrected chi connectivity index (χ4v) is 2.48. The van der Waals surface area contributed by atoms with Crippen molar-refractivity contribution < 1.29 is 4.52 Å². The van der Waals surface area contributed by atoms with Crippen LogP contribution in [0.1, 0.15) is 5.89 Å². The molecule has 0 amide bonds. The van der Waals surface area contributed by atoms with E-state index in [-0.39, 0.29) is 0 Å². The molecular formula is C14H17ClN4O. The molecular weight excluding hydrogens is 276 g/mol. The lowest BCUT2D eigenvalue weighted by molar-refractivity contribution is 0.234. The first kappa shape index (κ1) is 13.5. The van der Waals surface area contributed by atoms with Crippen molar-refractivity contribution in [3.8, 4) is 11.4 Å². The van der Waals surface area contributed by atoms with E-state index in [1.165, 1.54) is 0 Å². The Balaban J connectivity index is 1.61. The van der Waals surface area contributed by atoms with Gasteiger partial charge in [0.05, 0.1) is 0 Å². The molecule has 2 aromatic rings. The maximum atomic E-state index is 5.97. The number of benzene rings is 1. The Kier molecular flexibility index (Phi) is 4.30. The molecule has 106 valence electrons. The normalized spacial score (nSPS) is 16.4. The summed E-state index contributed by atoms with van der Waals surface area (Å²) in [5.74, 6) is 1.28. The lowest BCUT2D eigenvalue weighted by Crippen LogP contribution is -2.44. The van der Waals surface area contributed by atoms with Crippen molar-refractivity contribution in [2.45, 2.75) is 6.42 Å². The number of hydrogen-bond acceptors (Lipinski definition) is 5. The molecule has 0 aliphatic carbocycles. The van der Waals surface area contributed by atoms with Crippen molar-refractivity contribution in [1.29, 1.82) is 0 Å². The van der Waals surface area contributed by atoms with E-state index in [2.05, 4.69) is 20.4 Å². The van der Waals surface area contributed by atoms with Crippen molar-refractivity contribution in [3.63, 3.8) is 0 Å². The van der Waals surface area contributed by atoms with Crippen LogP contribution in [0.4, 0.5) is 0 Å². The van der Waals surface area contributed by atoms with Gasteiger partial charge in [-0.25, -0.2) is 0 Å². The van der Waals surface area contributed by atoms with Gasteiger partial charge in [-0.1, -0.05) is 28.9 Å². The van der Waals surface area contributed by atoms with Crippen molar-refractivity contribution in [2.24, 2.45) is 0 Å². The fraction of sp³-hybridized carbons (Fsp3) is 0.429. The number of rotatable bonds is 4. The zero-order chi connectivity index (χ0) is 13.8. The number of halogens is 1. The summed E-state index contributed by atoms with van der Waals surface area (Å²) in [6, 6.07) is 7.48. The summed E-state index contributed by atoms with van der Waals surface area (Å²) in [7, 11) is 0. The minimum absolute atomic E-state index is 0.600. The van der Waals surface area contributed by atoms with E-state index >= 15 is 0 Å². The highest BCUT2D eigenvalue weighted by Crippen LogP contribution is 2.20. The zero-order valence-corrected chi connectivity index (χ0v) is 11.9. The number of aromatic nitrogens is 2. The molecule has 20 heavy (non-hydrogen) atoms. The average Bonchev–Trinajstić information content (AvgIpc) is 2.95. The molecule has 1 aromatic heterocycles. The van der Waals surface area contributed by atoms with Gasteiger partial charge in [-0.2, -0.15) is 4.98 Å². The lowest BCUT2D eigenvalue weighted by Gasteiger charge is -2.26. The van der Waals surface area contributed by atoms with Gasteiger partial charge in [-0.05, 0) is 12.1 Å². The molecule has 0 unspecified atom stereocenters. The molecule has 0 spiro atoms. The number of piperazine rings is 1. The van der Waals surface area contributed by atoms with Gasteiger partial charge in [0.1, 0.15) is 0 Å². The fourth-order valence-electron chi connectivity index (χ4n) is 2.29. The van der Waals surface area contributed by atoms with Gasteiger partial charge in [-0.15, -0.1) is 0 Å². The average molecular weight is 293 g/mol. The van der Waals surface area contributed by atoms with Crippen molar-refractivity contribution in [1.82, 2.24) is 20.4 Å². The highest BCUT2D eigenvalue weighted by Gasteiger charge is 2.13. The van der Waals surface area contributed by atoms with Crippen LogP contribution < -0.4 is 5.32 Å². The summed E-state index contributed by atoms with van der Waals surface area (Å²) in [5.41, 5.74) is 0.884. The second-order valence-corrected chi connectivity index (χ2v) is 5.30. The molecule has 1 N–H and O–H groups in total. The van der Waals surface area contributed by atoms with Crippen LogP contribution in [-0.4, -0.2) is 47.8 Å². The van der Waals surface area contributed by atoms with E-state index < -0.39 is 0 Å². The van der Waals surface area contributed by atoms with Crippen molar-refractivity contribution in [2.75, 3.05) is 32.7 Å². The molecule has 1 aliphatic heterocycles. The lowest BCUT2D eigenvalue weighted by atomic mass is 10.2. The quantitative estimate of drug-likeness (QED) is 0.932. The van der Waals surface area contributed by atoms with Crippen LogP contribution in [-0.2, 0) is 6.42 Å². The summed E-state index contributed by atoms with van der Waals surface area (Å²) in [6.07, 6.45) is 0.785. The molecule has 1 aliphatic rings. The predicted molar refractivity (Wildman–Crippen MR) is 77.8 cm³/mol. The standard InChI is InChI=1S/C14H17ClN4O/c15-12-3-1-2-11(10-12)14-17-13(20-18-14)4-7-19-8-5-16-6-9-19/h1-3,10,16H,4-9H2. The summed E-state index contributed by atoms with van der Waals surface area (Å²) in [6.45, 7) is 5.22. The van der Waals surface area contributed by atoms with Crippen LogP contribution in [0, 0.1) is 0 Å². The monoisotopic (exact) mass is 292 g/mol. The smallest absolute Gasteiger partial charge is 0.228 e. The van der Waals surface area contributed by atoms with E-state index in [1.54, 1.807) is 0 Å². The number of nitrogens with one attached hydrogen (secondary N) is 1. The summed E-state index contributed by atoms with van der Waals surface area (Å²) >= 11 is 5.97. The van der Waals surface area contributed by atoms with Gasteiger partial charge in [0.25, 0.3) is 0 Å². The first-order valence-electron chi connectivity index (χ1n) is 6.83. The Labute approximate surface area is 122 Å². The van der Waals surface area contributed by atoms with Gasteiger partial charge >= 0.3 is 0 Å². The van der Waals surface area contributed by atoms with Gasteiger partial charge in [-0.3, -0.25) is 0 Å². The van der Waals surface area contributed by atoms with Gasteiger partial charge in [0.15, 0.2) is 0 Å².